The van der Waals surface area contributed by atoms with E-state index in [1.807, 2.05) is 0 Å². The number of rotatable bonds is 59. The van der Waals surface area contributed by atoms with Crippen LogP contribution < -0.4 is 0 Å². The minimum atomic E-state index is -0.800. The average Bonchev–Trinajstić information content (AvgIpc) is 3.45. The van der Waals surface area contributed by atoms with Gasteiger partial charge in [-0.05, 0) is 128 Å². The van der Waals surface area contributed by atoms with Crippen molar-refractivity contribution in [1.82, 2.24) is 0 Å². The maximum absolute atomic E-state index is 12.9. The Morgan fingerprint density at radius 3 is 0.785 bits per heavy atom. The van der Waals surface area contributed by atoms with E-state index < -0.39 is 6.10 Å². The number of carbonyl (C=O) groups is 3. The second-order valence-corrected chi connectivity index (χ2v) is 21.6. The molecule has 0 spiro atoms. The first kappa shape index (κ1) is 74.8. The van der Waals surface area contributed by atoms with E-state index in [-0.39, 0.29) is 31.1 Å². The quantitative estimate of drug-likeness (QED) is 0.0261. The van der Waals surface area contributed by atoms with Gasteiger partial charge in [0.15, 0.2) is 6.10 Å². The van der Waals surface area contributed by atoms with Crippen LogP contribution in [-0.2, 0) is 28.6 Å². The van der Waals surface area contributed by atoms with Gasteiger partial charge in [-0.3, -0.25) is 14.4 Å². The Morgan fingerprint density at radius 1 is 0.266 bits per heavy atom. The molecule has 0 saturated heterocycles. The molecule has 0 saturated carbocycles. The molecule has 6 heteroatoms. The van der Waals surface area contributed by atoms with Crippen molar-refractivity contribution in [3.8, 4) is 0 Å². The fraction of sp³-hybridized carbons (Fsp3) is 0.685. The molecule has 0 aliphatic heterocycles. The zero-order valence-electron chi connectivity index (χ0n) is 51.6. The summed E-state index contributed by atoms with van der Waals surface area (Å²) >= 11 is 0. The van der Waals surface area contributed by atoms with Crippen molar-refractivity contribution in [2.75, 3.05) is 13.2 Å². The van der Waals surface area contributed by atoms with Crippen molar-refractivity contribution in [2.45, 2.75) is 309 Å². The summed E-state index contributed by atoms with van der Waals surface area (Å²) in [6, 6.07) is 0. The number of unbranched alkanes of at least 4 members (excludes halogenated alkanes) is 28. The van der Waals surface area contributed by atoms with Crippen molar-refractivity contribution in [3.63, 3.8) is 0 Å². The molecule has 0 N–H and O–H groups in total. The zero-order valence-corrected chi connectivity index (χ0v) is 51.6. The van der Waals surface area contributed by atoms with Crippen LogP contribution in [0, 0.1) is 0 Å². The molecule has 0 aromatic rings. The zero-order chi connectivity index (χ0) is 57.1. The van der Waals surface area contributed by atoms with E-state index in [0.29, 0.717) is 19.3 Å². The van der Waals surface area contributed by atoms with Gasteiger partial charge in [-0.2, -0.15) is 0 Å². The van der Waals surface area contributed by atoms with Crippen molar-refractivity contribution in [3.05, 3.63) is 122 Å². The van der Waals surface area contributed by atoms with Crippen LogP contribution in [-0.4, -0.2) is 37.2 Å². The van der Waals surface area contributed by atoms with E-state index in [9.17, 15) is 14.4 Å². The van der Waals surface area contributed by atoms with E-state index >= 15 is 0 Å². The monoisotopic (exact) mass is 1090 g/mol. The van der Waals surface area contributed by atoms with Crippen LogP contribution in [0.15, 0.2) is 122 Å². The van der Waals surface area contributed by atoms with E-state index in [1.54, 1.807) is 0 Å². The van der Waals surface area contributed by atoms with Crippen molar-refractivity contribution in [1.29, 1.82) is 0 Å². The third-order valence-electron chi connectivity index (χ3n) is 13.9. The van der Waals surface area contributed by atoms with Crippen LogP contribution in [0.5, 0.6) is 0 Å². The molecular formula is C73H122O6. The first-order valence-electron chi connectivity index (χ1n) is 33.0. The molecule has 0 heterocycles. The number of ether oxygens (including phenoxy) is 3. The summed E-state index contributed by atoms with van der Waals surface area (Å²) in [5.41, 5.74) is 0. The van der Waals surface area contributed by atoms with Crippen LogP contribution >= 0.6 is 0 Å². The Morgan fingerprint density at radius 2 is 0.494 bits per heavy atom. The SMILES string of the molecule is CC/C=C\C/C=C\C/C=C\C/C=C\C/C=C\C/C=C\CCCCCCC(=O)OCC(COC(=O)CCCCCCCCC/C=C\C/C=C\C/C=C\CC)OC(=O)CCCCCCCCCCC/C=C\CCCCCCCCCC. The lowest BCUT2D eigenvalue weighted by molar-refractivity contribution is -0.167. The predicted molar refractivity (Wildman–Crippen MR) is 343 cm³/mol. The normalized spacial score (nSPS) is 12.9. The summed E-state index contributed by atoms with van der Waals surface area (Å²) in [5.74, 6) is -0.923. The van der Waals surface area contributed by atoms with Crippen LogP contribution in [0.2, 0.25) is 0 Å². The molecule has 1 atom stereocenters. The molecule has 1 unspecified atom stereocenters. The summed E-state index contributed by atoms with van der Waals surface area (Å²) in [7, 11) is 0. The van der Waals surface area contributed by atoms with E-state index in [2.05, 4.69) is 142 Å². The van der Waals surface area contributed by atoms with Gasteiger partial charge in [0.25, 0.3) is 0 Å². The van der Waals surface area contributed by atoms with Gasteiger partial charge in [0.2, 0.25) is 0 Å². The predicted octanol–water partition coefficient (Wildman–Crippen LogP) is 22.8. The van der Waals surface area contributed by atoms with Gasteiger partial charge in [0.1, 0.15) is 13.2 Å². The fourth-order valence-corrected chi connectivity index (χ4v) is 9.04. The largest absolute Gasteiger partial charge is 0.462 e. The maximum Gasteiger partial charge on any atom is 0.306 e. The molecule has 0 radical (unpaired) electrons. The highest BCUT2D eigenvalue weighted by molar-refractivity contribution is 5.71. The maximum atomic E-state index is 12.9. The lowest BCUT2D eigenvalue weighted by atomic mass is 10.1. The Hall–Kier alpha value is -4.19. The van der Waals surface area contributed by atoms with Gasteiger partial charge in [-0.1, -0.05) is 277 Å². The molecule has 450 valence electrons. The van der Waals surface area contributed by atoms with Gasteiger partial charge in [0, 0.05) is 19.3 Å². The third kappa shape index (κ3) is 64.5. The minimum absolute atomic E-state index is 0.0942. The molecule has 0 aromatic carbocycles. The Balaban J connectivity index is 4.45. The number of hydrogen-bond donors (Lipinski definition) is 0. The second kappa shape index (κ2) is 66.3. The highest BCUT2D eigenvalue weighted by Gasteiger charge is 2.19. The van der Waals surface area contributed by atoms with Crippen LogP contribution in [0.3, 0.4) is 0 Å². The van der Waals surface area contributed by atoms with Gasteiger partial charge >= 0.3 is 17.9 Å². The average molecular weight is 1100 g/mol. The molecule has 0 aliphatic carbocycles. The topological polar surface area (TPSA) is 78.9 Å². The minimum Gasteiger partial charge on any atom is -0.462 e. The molecule has 0 rings (SSSR count). The van der Waals surface area contributed by atoms with Crippen LogP contribution in [0.25, 0.3) is 0 Å². The smallest absolute Gasteiger partial charge is 0.306 e. The number of carbonyl (C=O) groups excluding carboxylic acids is 3. The van der Waals surface area contributed by atoms with Crippen molar-refractivity contribution < 1.29 is 28.6 Å². The van der Waals surface area contributed by atoms with E-state index in [0.717, 1.165) is 135 Å². The van der Waals surface area contributed by atoms with Gasteiger partial charge in [-0.15, -0.1) is 0 Å². The molecule has 79 heavy (non-hydrogen) atoms. The summed E-state index contributed by atoms with van der Waals surface area (Å²) in [6.07, 6.45) is 92.0. The van der Waals surface area contributed by atoms with Crippen LogP contribution in [0.4, 0.5) is 0 Å². The number of hydrogen-bond acceptors (Lipinski definition) is 6. The molecule has 0 amide bonds. The summed E-state index contributed by atoms with van der Waals surface area (Å²) in [6.45, 7) is 6.41. The first-order valence-corrected chi connectivity index (χ1v) is 33.0. The Bertz CT molecular complexity index is 1640. The van der Waals surface area contributed by atoms with Gasteiger partial charge < -0.3 is 14.2 Å². The Labute approximate surface area is 488 Å². The van der Waals surface area contributed by atoms with Crippen LogP contribution in [0.1, 0.15) is 303 Å². The first-order chi connectivity index (χ1) is 39.0. The number of allylic oxidation sites excluding steroid dienone is 20. The highest BCUT2D eigenvalue weighted by Crippen LogP contribution is 2.16. The molecule has 0 aromatic heterocycles. The standard InChI is InChI=1S/C73H122O6/c1-4-7-10-13-16-19-22-25-28-31-33-35-36-38-39-42-45-48-51-54-57-60-63-66-72(75)78-69-70(68-77-71(74)65-62-59-56-53-50-47-44-41-30-27-24-21-18-15-12-9-6-3)79-73(76)67-64-61-58-55-52-49-46-43-40-37-34-32-29-26-23-20-17-14-11-8-5-2/h7,9-10,12,16,18-19,21,25,27-28,30,32-35,38-39,45,48,70H,4-6,8,11,13-15,17,20,22-24,26,29,31,36-37,40-44,46-47,49-69H2,1-3H3/b10-7-,12-9-,19-16-,21-18-,28-25-,30-27-,34-32-,35-33-,39-38-,48-45-. The lowest BCUT2D eigenvalue weighted by Gasteiger charge is -2.18. The third-order valence-corrected chi connectivity index (χ3v) is 13.9. The molecule has 0 fully saturated rings. The van der Waals surface area contributed by atoms with E-state index in [1.165, 1.54) is 128 Å². The molecule has 0 aliphatic rings. The second-order valence-electron chi connectivity index (χ2n) is 21.6. The van der Waals surface area contributed by atoms with Gasteiger partial charge in [-0.25, -0.2) is 0 Å². The highest BCUT2D eigenvalue weighted by atomic mass is 16.6. The summed E-state index contributed by atoms with van der Waals surface area (Å²) < 4.78 is 16.9. The molecular weight excluding hydrogens is 973 g/mol. The summed E-state index contributed by atoms with van der Waals surface area (Å²) in [5, 5.41) is 0. The molecule has 0 bridgehead atoms. The van der Waals surface area contributed by atoms with E-state index in [4.69, 9.17) is 14.2 Å². The molecule has 6 nitrogen and oxygen atoms in total. The Kier molecular flexibility index (Phi) is 62.8. The fourth-order valence-electron chi connectivity index (χ4n) is 9.04. The lowest BCUT2D eigenvalue weighted by Crippen LogP contribution is -2.30. The van der Waals surface area contributed by atoms with Crippen molar-refractivity contribution in [2.24, 2.45) is 0 Å². The van der Waals surface area contributed by atoms with Crippen molar-refractivity contribution >= 4 is 17.9 Å². The summed E-state index contributed by atoms with van der Waals surface area (Å²) in [4.78, 5) is 38.4. The van der Waals surface area contributed by atoms with Gasteiger partial charge in [0.05, 0.1) is 0 Å². The number of esters is 3.